The first kappa shape index (κ1) is 17.1. The zero-order chi connectivity index (χ0) is 18.8. The molecule has 0 aliphatic carbocycles. The Morgan fingerprint density at radius 3 is 2.41 bits per heavy atom. The highest BCUT2D eigenvalue weighted by atomic mass is 16.5. The molecule has 3 aromatic rings. The van der Waals surface area contributed by atoms with Gasteiger partial charge in [-0.15, -0.1) is 0 Å². The molecule has 0 atom stereocenters. The molecule has 1 fully saturated rings. The average molecular weight is 364 g/mol. The second-order valence-electron chi connectivity index (χ2n) is 6.43. The fourth-order valence-corrected chi connectivity index (χ4v) is 3.33. The van der Waals surface area contributed by atoms with Crippen molar-refractivity contribution in [1.82, 2.24) is 20.0 Å². The van der Waals surface area contributed by atoms with Gasteiger partial charge in [0.05, 0.1) is 12.6 Å². The molecular formula is C20H20N4O3. The Morgan fingerprint density at radius 2 is 1.67 bits per heavy atom. The summed E-state index contributed by atoms with van der Waals surface area (Å²) in [7, 11) is 1.58. The van der Waals surface area contributed by atoms with Crippen molar-refractivity contribution < 1.29 is 14.3 Å². The number of ether oxygens (including phenoxy) is 1. The van der Waals surface area contributed by atoms with Crippen molar-refractivity contribution in [2.24, 2.45) is 0 Å². The van der Waals surface area contributed by atoms with Crippen molar-refractivity contribution >= 4 is 22.7 Å². The Bertz CT molecular complexity index is 990. The predicted octanol–water partition coefficient (Wildman–Crippen LogP) is 2.17. The molecule has 138 valence electrons. The fraction of sp³-hybridized carbons (Fsp3) is 0.250. The number of H-pyrrole nitrogens is 1. The lowest BCUT2D eigenvalue weighted by Crippen LogP contribution is -2.50. The lowest BCUT2D eigenvalue weighted by Gasteiger charge is -2.34. The molecule has 1 aliphatic rings. The number of para-hydroxylation sites is 1. The molecule has 1 saturated heterocycles. The highest BCUT2D eigenvalue weighted by molar-refractivity contribution is 6.04. The maximum absolute atomic E-state index is 12.8. The molecule has 2 aromatic carbocycles. The Hall–Kier alpha value is -3.35. The van der Waals surface area contributed by atoms with Gasteiger partial charge in [-0.3, -0.25) is 14.7 Å². The number of nitrogens with zero attached hydrogens (tertiary/aromatic N) is 3. The number of aromatic nitrogens is 2. The standard InChI is InChI=1S/C20H20N4O3/c1-27-15-6-4-5-14(13-15)19(25)23-9-11-24(12-10-23)20(26)18-16-7-2-3-8-17(16)21-22-18/h2-8,13H,9-12H2,1H3,(H,21,22). The highest BCUT2D eigenvalue weighted by Gasteiger charge is 2.27. The van der Waals surface area contributed by atoms with E-state index in [0.717, 1.165) is 10.9 Å². The van der Waals surface area contributed by atoms with Gasteiger partial charge in [0, 0.05) is 37.1 Å². The smallest absolute Gasteiger partial charge is 0.275 e. The summed E-state index contributed by atoms with van der Waals surface area (Å²) in [5.41, 5.74) is 1.86. The summed E-state index contributed by atoms with van der Waals surface area (Å²) in [6.45, 7) is 1.94. The molecule has 0 spiro atoms. The van der Waals surface area contributed by atoms with E-state index < -0.39 is 0 Å². The number of aromatic amines is 1. The number of amides is 2. The van der Waals surface area contributed by atoms with Gasteiger partial charge in [0.1, 0.15) is 5.75 Å². The predicted molar refractivity (Wildman–Crippen MR) is 101 cm³/mol. The molecule has 1 N–H and O–H groups in total. The molecule has 1 aromatic heterocycles. The van der Waals surface area contributed by atoms with Crippen LogP contribution in [0.2, 0.25) is 0 Å². The van der Waals surface area contributed by atoms with Gasteiger partial charge in [0.15, 0.2) is 5.69 Å². The number of nitrogens with one attached hydrogen (secondary N) is 1. The van der Waals surface area contributed by atoms with Crippen molar-refractivity contribution in [3.05, 3.63) is 59.8 Å². The second-order valence-corrected chi connectivity index (χ2v) is 6.43. The van der Waals surface area contributed by atoms with Crippen LogP contribution in [0.5, 0.6) is 5.75 Å². The number of rotatable bonds is 3. The van der Waals surface area contributed by atoms with E-state index in [9.17, 15) is 9.59 Å². The topological polar surface area (TPSA) is 78.5 Å². The number of methoxy groups -OCH3 is 1. The van der Waals surface area contributed by atoms with Gasteiger partial charge in [-0.1, -0.05) is 24.3 Å². The van der Waals surface area contributed by atoms with Gasteiger partial charge >= 0.3 is 0 Å². The maximum atomic E-state index is 12.8. The minimum Gasteiger partial charge on any atom is -0.497 e. The van der Waals surface area contributed by atoms with Crippen LogP contribution in [0.15, 0.2) is 48.5 Å². The molecule has 0 unspecified atom stereocenters. The fourth-order valence-electron chi connectivity index (χ4n) is 3.33. The minimum absolute atomic E-state index is 0.0498. The molecule has 2 amide bonds. The van der Waals surface area contributed by atoms with E-state index in [2.05, 4.69) is 10.2 Å². The highest BCUT2D eigenvalue weighted by Crippen LogP contribution is 2.19. The number of hydrogen-bond acceptors (Lipinski definition) is 4. The Balaban J connectivity index is 1.44. The third-order valence-electron chi connectivity index (χ3n) is 4.84. The van der Waals surface area contributed by atoms with Crippen LogP contribution in [0.4, 0.5) is 0 Å². The zero-order valence-electron chi connectivity index (χ0n) is 15.0. The number of hydrogen-bond donors (Lipinski definition) is 1. The van der Waals surface area contributed by atoms with Gasteiger partial charge in [-0.2, -0.15) is 5.10 Å². The lowest BCUT2D eigenvalue weighted by atomic mass is 10.1. The van der Waals surface area contributed by atoms with Crippen LogP contribution in [0.25, 0.3) is 10.9 Å². The molecule has 0 radical (unpaired) electrons. The van der Waals surface area contributed by atoms with E-state index in [0.29, 0.717) is 43.2 Å². The van der Waals surface area contributed by atoms with Crippen LogP contribution in [-0.4, -0.2) is 65.1 Å². The van der Waals surface area contributed by atoms with Gasteiger partial charge in [-0.25, -0.2) is 0 Å². The van der Waals surface area contributed by atoms with Gasteiger partial charge in [0.2, 0.25) is 0 Å². The van der Waals surface area contributed by atoms with E-state index in [1.54, 1.807) is 35.1 Å². The number of fused-ring (bicyclic) bond motifs is 1. The first-order valence-corrected chi connectivity index (χ1v) is 8.83. The first-order chi connectivity index (χ1) is 13.2. The molecular weight excluding hydrogens is 344 g/mol. The molecule has 4 rings (SSSR count). The number of benzene rings is 2. The molecule has 0 bridgehead atoms. The van der Waals surface area contributed by atoms with Crippen LogP contribution >= 0.6 is 0 Å². The largest absolute Gasteiger partial charge is 0.497 e. The average Bonchev–Trinajstić information content (AvgIpc) is 3.17. The summed E-state index contributed by atoms with van der Waals surface area (Å²) in [6.07, 6.45) is 0. The molecule has 2 heterocycles. The van der Waals surface area contributed by atoms with Crippen LogP contribution < -0.4 is 4.74 Å². The van der Waals surface area contributed by atoms with Crippen LogP contribution in [0.3, 0.4) is 0 Å². The van der Waals surface area contributed by atoms with E-state index in [1.165, 1.54) is 0 Å². The monoisotopic (exact) mass is 364 g/mol. The molecule has 7 nitrogen and oxygen atoms in total. The zero-order valence-corrected chi connectivity index (χ0v) is 15.0. The van der Waals surface area contributed by atoms with Crippen molar-refractivity contribution in [2.45, 2.75) is 0 Å². The van der Waals surface area contributed by atoms with E-state index in [4.69, 9.17) is 4.74 Å². The SMILES string of the molecule is COc1cccc(C(=O)N2CCN(C(=O)c3n[nH]c4ccccc34)CC2)c1. The summed E-state index contributed by atoms with van der Waals surface area (Å²) < 4.78 is 5.18. The normalized spacial score (nSPS) is 14.4. The number of piperazine rings is 1. The van der Waals surface area contributed by atoms with Crippen molar-refractivity contribution in [3.8, 4) is 5.75 Å². The molecule has 27 heavy (non-hydrogen) atoms. The second kappa shape index (κ2) is 7.11. The summed E-state index contributed by atoms with van der Waals surface area (Å²) in [6, 6.07) is 14.7. The third kappa shape index (κ3) is 3.23. The summed E-state index contributed by atoms with van der Waals surface area (Å²) >= 11 is 0. The Labute approximate surface area is 156 Å². The number of carbonyl (C=O) groups is 2. The first-order valence-electron chi connectivity index (χ1n) is 8.83. The molecule has 0 saturated carbocycles. The Morgan fingerprint density at radius 1 is 0.963 bits per heavy atom. The quantitative estimate of drug-likeness (QED) is 0.773. The Kier molecular flexibility index (Phi) is 4.50. The van der Waals surface area contributed by atoms with Gasteiger partial charge in [0.25, 0.3) is 11.8 Å². The summed E-state index contributed by atoms with van der Waals surface area (Å²) in [4.78, 5) is 29.0. The summed E-state index contributed by atoms with van der Waals surface area (Å²) in [5, 5.41) is 7.89. The summed E-state index contributed by atoms with van der Waals surface area (Å²) in [5.74, 6) is 0.493. The minimum atomic E-state index is -0.110. The number of carbonyl (C=O) groups excluding carboxylic acids is 2. The molecule has 1 aliphatic heterocycles. The van der Waals surface area contributed by atoms with E-state index in [-0.39, 0.29) is 11.8 Å². The lowest BCUT2D eigenvalue weighted by molar-refractivity contribution is 0.0533. The van der Waals surface area contributed by atoms with E-state index in [1.807, 2.05) is 30.3 Å². The maximum Gasteiger partial charge on any atom is 0.275 e. The van der Waals surface area contributed by atoms with Crippen LogP contribution in [0, 0.1) is 0 Å². The third-order valence-corrected chi connectivity index (χ3v) is 4.84. The van der Waals surface area contributed by atoms with Crippen molar-refractivity contribution in [2.75, 3.05) is 33.3 Å². The van der Waals surface area contributed by atoms with Crippen molar-refractivity contribution in [3.63, 3.8) is 0 Å². The van der Waals surface area contributed by atoms with Gasteiger partial charge < -0.3 is 14.5 Å². The van der Waals surface area contributed by atoms with Crippen LogP contribution in [0.1, 0.15) is 20.8 Å². The molecule has 7 heteroatoms. The van der Waals surface area contributed by atoms with Crippen molar-refractivity contribution in [1.29, 1.82) is 0 Å². The van der Waals surface area contributed by atoms with Gasteiger partial charge in [-0.05, 0) is 24.3 Å². The van der Waals surface area contributed by atoms with Crippen LogP contribution in [-0.2, 0) is 0 Å². The van der Waals surface area contributed by atoms with E-state index >= 15 is 0 Å².